The average molecular weight is 665 g/mol. The van der Waals surface area contributed by atoms with E-state index in [1.165, 1.54) is 18.2 Å². The smallest absolute Gasteiger partial charge is 0.407 e. The van der Waals surface area contributed by atoms with Gasteiger partial charge in [-0.1, -0.05) is 18.6 Å². The first-order chi connectivity index (χ1) is 21.5. The van der Waals surface area contributed by atoms with Gasteiger partial charge in [0.15, 0.2) is 0 Å². The van der Waals surface area contributed by atoms with Crippen LogP contribution in [0.1, 0.15) is 113 Å². The minimum atomic E-state index is -0.897. The number of carbonyl (C=O) groups is 5. The van der Waals surface area contributed by atoms with Gasteiger partial charge < -0.3 is 24.3 Å². The van der Waals surface area contributed by atoms with Crippen molar-refractivity contribution in [1.29, 1.82) is 0 Å². The zero-order valence-corrected chi connectivity index (χ0v) is 29.3. The molecule has 1 N–H and O–H groups in total. The van der Waals surface area contributed by atoms with Crippen LogP contribution in [0, 0.1) is 22.0 Å². The number of rotatable bonds is 17. The van der Waals surface area contributed by atoms with Crippen LogP contribution in [0.15, 0.2) is 24.3 Å². The molecule has 1 aromatic rings. The molecule has 1 rings (SSSR count). The third-order valence-electron chi connectivity index (χ3n) is 6.29. The third kappa shape index (κ3) is 19.3. The summed E-state index contributed by atoms with van der Waals surface area (Å²) in [6, 6.07) is 5.77. The number of nitrogens with one attached hydrogen (secondary N) is 1. The Morgan fingerprint density at radius 2 is 1.32 bits per heavy atom. The first kappa shape index (κ1) is 41.0. The van der Waals surface area contributed by atoms with Crippen LogP contribution in [-0.2, 0) is 44.7 Å². The Bertz CT molecular complexity index is 1240. The van der Waals surface area contributed by atoms with E-state index < -0.39 is 57.6 Å². The highest BCUT2D eigenvalue weighted by molar-refractivity contribution is 5.88. The van der Waals surface area contributed by atoms with Crippen molar-refractivity contribution in [3.05, 3.63) is 39.9 Å². The molecule has 0 aliphatic heterocycles. The fraction of sp³-hybridized carbons (Fsp3) is 0.676. The van der Waals surface area contributed by atoms with E-state index in [0.717, 1.165) is 0 Å². The summed E-state index contributed by atoms with van der Waals surface area (Å²) in [5.74, 6) is -3.67. The zero-order valence-electron chi connectivity index (χ0n) is 29.3. The van der Waals surface area contributed by atoms with Crippen molar-refractivity contribution < 1.29 is 47.8 Å². The second kappa shape index (κ2) is 18.3. The largest absolute Gasteiger partial charge is 0.460 e. The maximum atomic E-state index is 13.3. The van der Waals surface area contributed by atoms with Gasteiger partial charge in [0.2, 0.25) is 0 Å². The number of esters is 3. The first-order valence-electron chi connectivity index (χ1n) is 15.9. The molecule has 13 nitrogen and oxygen atoms in total. The molecule has 0 unspecified atom stereocenters. The summed E-state index contributed by atoms with van der Waals surface area (Å²) in [5.41, 5.74) is -1.91. The normalized spacial score (nSPS) is 13.1. The highest BCUT2D eigenvalue weighted by Gasteiger charge is 2.32. The predicted octanol–water partition coefficient (Wildman–Crippen LogP) is 6.38. The Morgan fingerprint density at radius 1 is 0.787 bits per heavy atom. The van der Waals surface area contributed by atoms with Crippen molar-refractivity contribution in [2.45, 2.75) is 131 Å². The molecule has 0 aromatic heterocycles. The number of amides is 1. The lowest BCUT2D eigenvalue weighted by molar-refractivity contribution is -0.384. The number of hydrogen-bond donors (Lipinski definition) is 1. The van der Waals surface area contributed by atoms with Crippen LogP contribution >= 0.6 is 0 Å². The molecule has 0 aliphatic rings. The van der Waals surface area contributed by atoms with Gasteiger partial charge in [0.25, 0.3) is 5.69 Å². The number of ketones is 1. The van der Waals surface area contributed by atoms with Crippen molar-refractivity contribution >= 4 is 35.5 Å². The van der Waals surface area contributed by atoms with Gasteiger partial charge >= 0.3 is 24.0 Å². The number of Topliss-reactive ketones (excluding diaryl/α,β-unsaturated/α-hetero) is 1. The van der Waals surface area contributed by atoms with Crippen molar-refractivity contribution in [2.24, 2.45) is 11.8 Å². The van der Waals surface area contributed by atoms with Crippen molar-refractivity contribution in [2.75, 3.05) is 6.54 Å². The molecule has 0 aliphatic carbocycles. The number of nitro groups is 1. The molecular formula is C34H52N2O11. The fourth-order valence-electron chi connectivity index (χ4n) is 4.36. The molecule has 0 radical (unpaired) electrons. The lowest BCUT2D eigenvalue weighted by Crippen LogP contribution is -2.33. The van der Waals surface area contributed by atoms with Crippen LogP contribution in [0.4, 0.5) is 10.5 Å². The molecule has 0 fully saturated rings. The molecule has 1 aromatic carbocycles. The van der Waals surface area contributed by atoms with E-state index in [1.54, 1.807) is 68.4 Å². The lowest BCUT2D eigenvalue weighted by atomic mass is 9.90. The number of hydrogen-bond acceptors (Lipinski definition) is 11. The maximum Gasteiger partial charge on any atom is 0.407 e. The van der Waals surface area contributed by atoms with Gasteiger partial charge in [-0.05, 0) is 87.1 Å². The lowest BCUT2D eigenvalue weighted by Gasteiger charge is -2.25. The van der Waals surface area contributed by atoms with Crippen LogP contribution in [-0.4, -0.2) is 58.1 Å². The molecule has 0 saturated carbocycles. The summed E-state index contributed by atoms with van der Waals surface area (Å²) >= 11 is 0. The molecule has 0 heterocycles. The Hall–Kier alpha value is -4.03. The molecule has 0 spiro atoms. The topological polar surface area (TPSA) is 177 Å². The summed E-state index contributed by atoms with van der Waals surface area (Å²) in [6.45, 7) is 15.6. The summed E-state index contributed by atoms with van der Waals surface area (Å²) in [5, 5.41) is 13.5. The minimum absolute atomic E-state index is 0.0512. The zero-order chi connectivity index (χ0) is 36.0. The van der Waals surface area contributed by atoms with Crippen LogP contribution in [0.2, 0.25) is 0 Å². The molecule has 0 bridgehead atoms. The molecule has 2 atom stereocenters. The van der Waals surface area contributed by atoms with Gasteiger partial charge in [-0.25, -0.2) is 4.79 Å². The predicted molar refractivity (Wildman–Crippen MR) is 173 cm³/mol. The number of nitro benzene ring substituents is 1. The molecule has 47 heavy (non-hydrogen) atoms. The molecule has 13 heteroatoms. The van der Waals surface area contributed by atoms with E-state index in [2.05, 4.69) is 5.32 Å². The number of nitrogens with zero attached hydrogens (tertiary/aromatic N) is 1. The minimum Gasteiger partial charge on any atom is -0.460 e. The summed E-state index contributed by atoms with van der Waals surface area (Å²) in [7, 11) is 0. The fourth-order valence-corrected chi connectivity index (χ4v) is 4.36. The number of alkyl carbamates (subject to hydrolysis) is 1. The summed E-state index contributed by atoms with van der Waals surface area (Å²) in [6.07, 6.45) is 0.121. The van der Waals surface area contributed by atoms with Gasteiger partial charge in [-0.15, -0.1) is 0 Å². The van der Waals surface area contributed by atoms with Crippen molar-refractivity contribution in [1.82, 2.24) is 5.32 Å². The third-order valence-corrected chi connectivity index (χ3v) is 6.29. The number of unbranched alkanes of at least 4 members (excludes halogenated alkanes) is 1. The molecule has 0 saturated heterocycles. The SMILES string of the molecule is CC(C)(C)OC(=O)CC[C@H](CC(=O)C[C@@H](CCCCNC(=O)OCc1cccc([N+](=O)[O-])c1)C(=O)OC(C)(C)C)C(=O)OC(C)(C)C. The van der Waals surface area contributed by atoms with E-state index >= 15 is 0 Å². The van der Waals surface area contributed by atoms with Crippen LogP contribution in [0.3, 0.4) is 0 Å². The highest BCUT2D eigenvalue weighted by Crippen LogP contribution is 2.25. The van der Waals surface area contributed by atoms with Crippen LogP contribution < -0.4 is 5.32 Å². The summed E-state index contributed by atoms with van der Waals surface area (Å²) in [4.78, 5) is 74.1. The van der Waals surface area contributed by atoms with Gasteiger partial charge in [0, 0.05) is 37.9 Å². The number of benzene rings is 1. The second-order valence-electron chi connectivity index (χ2n) is 14.5. The number of non-ortho nitro benzene ring substituents is 1. The number of carbonyl (C=O) groups excluding carboxylic acids is 5. The van der Waals surface area contributed by atoms with Gasteiger partial charge in [0.05, 0.1) is 16.8 Å². The highest BCUT2D eigenvalue weighted by atomic mass is 16.6. The van der Waals surface area contributed by atoms with E-state index in [0.29, 0.717) is 24.8 Å². The van der Waals surface area contributed by atoms with E-state index in [9.17, 15) is 34.1 Å². The van der Waals surface area contributed by atoms with E-state index in [-0.39, 0.29) is 50.3 Å². The van der Waals surface area contributed by atoms with Crippen LogP contribution in [0.5, 0.6) is 0 Å². The Morgan fingerprint density at radius 3 is 1.83 bits per heavy atom. The monoisotopic (exact) mass is 664 g/mol. The van der Waals surface area contributed by atoms with E-state index in [4.69, 9.17) is 18.9 Å². The molecule has 1 amide bonds. The standard InChI is InChI=1S/C34H52N2O11/c1-32(2,3)45-28(38)17-16-25(30(40)47-34(7,8)9)21-27(37)20-24(29(39)46-33(4,5)6)14-10-11-18-35-31(41)44-22-23-13-12-15-26(19-23)36(42)43/h12-13,15,19,24-25H,10-11,14,16-18,20-22H2,1-9H3,(H,35,41)/t24-,25-/m1/s1. The van der Waals surface area contributed by atoms with Crippen molar-refractivity contribution in [3.8, 4) is 0 Å². The van der Waals surface area contributed by atoms with Gasteiger partial charge in [-0.2, -0.15) is 0 Å². The number of ether oxygens (including phenoxy) is 4. The van der Waals surface area contributed by atoms with Gasteiger partial charge in [-0.3, -0.25) is 29.3 Å². The second-order valence-corrected chi connectivity index (χ2v) is 14.5. The molecular weight excluding hydrogens is 612 g/mol. The van der Waals surface area contributed by atoms with Crippen LogP contribution in [0.25, 0.3) is 0 Å². The maximum absolute atomic E-state index is 13.3. The van der Waals surface area contributed by atoms with Crippen molar-refractivity contribution in [3.63, 3.8) is 0 Å². The first-order valence-corrected chi connectivity index (χ1v) is 15.9. The Labute approximate surface area is 277 Å². The van der Waals surface area contributed by atoms with Gasteiger partial charge in [0.1, 0.15) is 29.2 Å². The Kier molecular flexibility index (Phi) is 16.0. The average Bonchev–Trinajstić information content (AvgIpc) is 2.90. The molecule has 264 valence electrons. The quantitative estimate of drug-likeness (QED) is 0.0642. The Balaban J connectivity index is 2.78. The van der Waals surface area contributed by atoms with E-state index in [1.807, 2.05) is 0 Å². The summed E-state index contributed by atoms with van der Waals surface area (Å²) < 4.78 is 21.5.